The number of carbonyl (C=O) groups excluding carboxylic acids is 1. The Kier molecular flexibility index (Phi) is 8.51. The summed E-state index contributed by atoms with van der Waals surface area (Å²) in [6.45, 7) is 11.0. The van der Waals surface area contributed by atoms with E-state index in [1.165, 1.54) is 0 Å². The lowest BCUT2D eigenvalue weighted by Crippen LogP contribution is -2.42. The van der Waals surface area contributed by atoms with E-state index < -0.39 is 17.8 Å². The fraction of sp³-hybridized carbons (Fsp3) is 0.800. The molecule has 0 fully saturated rings. The number of carbonyl (C=O) groups is 2. The molecule has 0 saturated heterocycles. The van der Waals surface area contributed by atoms with Gasteiger partial charge in [0.25, 0.3) is 0 Å². The number of carboxylic acids is 1. The third kappa shape index (κ3) is 5.95. The zero-order chi connectivity index (χ0) is 18.3. The average molecular weight is 338 g/mol. The van der Waals surface area contributed by atoms with Crippen LogP contribution in [0, 0.1) is 35.5 Å². The van der Waals surface area contributed by atoms with Gasteiger partial charge in [-0.05, 0) is 42.9 Å². The summed E-state index contributed by atoms with van der Waals surface area (Å²) < 4.78 is 5.43. The molecule has 4 atom stereocenters. The molecule has 1 aliphatic rings. The van der Waals surface area contributed by atoms with Gasteiger partial charge >= 0.3 is 11.9 Å². The maximum absolute atomic E-state index is 12.7. The lowest BCUT2D eigenvalue weighted by Gasteiger charge is -2.38. The second kappa shape index (κ2) is 9.85. The van der Waals surface area contributed by atoms with E-state index in [4.69, 9.17) is 4.74 Å². The predicted molar refractivity (Wildman–Crippen MR) is 95.5 cm³/mol. The zero-order valence-electron chi connectivity index (χ0n) is 15.8. The Morgan fingerprint density at radius 3 is 2.21 bits per heavy atom. The summed E-state index contributed by atoms with van der Waals surface area (Å²) in [5.74, 6) is -1.41. The Morgan fingerprint density at radius 2 is 1.71 bits per heavy atom. The van der Waals surface area contributed by atoms with Crippen molar-refractivity contribution in [2.45, 2.75) is 60.3 Å². The van der Waals surface area contributed by atoms with Gasteiger partial charge in [0.2, 0.25) is 0 Å². The van der Waals surface area contributed by atoms with Gasteiger partial charge in [-0.25, -0.2) is 0 Å². The molecule has 0 aromatic rings. The van der Waals surface area contributed by atoms with Crippen LogP contribution in [0.4, 0.5) is 0 Å². The minimum Gasteiger partial charge on any atom is -0.481 e. The summed E-state index contributed by atoms with van der Waals surface area (Å²) in [4.78, 5) is 24.4. The molecule has 4 unspecified atom stereocenters. The molecule has 0 spiro atoms. The highest BCUT2D eigenvalue weighted by molar-refractivity contribution is 5.83. The third-order valence-corrected chi connectivity index (χ3v) is 4.75. The highest BCUT2D eigenvalue weighted by atomic mass is 16.5. The molecule has 0 amide bonds. The Morgan fingerprint density at radius 1 is 1.08 bits per heavy atom. The van der Waals surface area contributed by atoms with Gasteiger partial charge in [-0.15, -0.1) is 0 Å². The van der Waals surface area contributed by atoms with Crippen LogP contribution in [0.1, 0.15) is 60.3 Å². The molecule has 0 heterocycles. The Bertz CT molecular complexity index is 439. The van der Waals surface area contributed by atoms with E-state index in [9.17, 15) is 14.7 Å². The van der Waals surface area contributed by atoms with Crippen molar-refractivity contribution in [1.29, 1.82) is 0 Å². The number of unbranched alkanes of at least 4 members (excludes halogenated alkanes) is 1. The zero-order valence-corrected chi connectivity index (χ0v) is 15.8. The standard InChI is InChI=1S/C20H34O4/c1-6-7-10-24-20(23)18-16(19(21)22)9-8-15(11-13(2)3)17(18)12-14(4)5/h8-9,13-18H,6-7,10-12H2,1-5H3,(H,21,22). The first-order valence-electron chi connectivity index (χ1n) is 9.35. The van der Waals surface area contributed by atoms with Crippen LogP contribution in [0.2, 0.25) is 0 Å². The third-order valence-electron chi connectivity index (χ3n) is 4.75. The Hall–Kier alpha value is -1.32. The van der Waals surface area contributed by atoms with Crippen molar-refractivity contribution in [2.75, 3.05) is 6.61 Å². The van der Waals surface area contributed by atoms with Gasteiger partial charge in [0, 0.05) is 0 Å². The maximum Gasteiger partial charge on any atom is 0.311 e. The molecule has 1 N–H and O–H groups in total. The largest absolute Gasteiger partial charge is 0.481 e. The summed E-state index contributed by atoms with van der Waals surface area (Å²) in [6.07, 6.45) is 7.33. The second-order valence-electron chi connectivity index (χ2n) is 7.88. The summed E-state index contributed by atoms with van der Waals surface area (Å²) in [6, 6.07) is 0. The van der Waals surface area contributed by atoms with Crippen molar-refractivity contribution < 1.29 is 19.4 Å². The van der Waals surface area contributed by atoms with Crippen LogP contribution in [0.3, 0.4) is 0 Å². The Labute approximate surface area is 146 Å². The Balaban J connectivity index is 3.07. The maximum atomic E-state index is 12.7. The van der Waals surface area contributed by atoms with Crippen molar-refractivity contribution in [3.8, 4) is 0 Å². The first-order valence-corrected chi connectivity index (χ1v) is 9.35. The van der Waals surface area contributed by atoms with Gasteiger partial charge in [-0.2, -0.15) is 0 Å². The molecule has 0 radical (unpaired) electrons. The molecule has 138 valence electrons. The second-order valence-corrected chi connectivity index (χ2v) is 7.88. The number of aliphatic carboxylic acids is 1. The van der Waals surface area contributed by atoms with E-state index in [1.807, 2.05) is 13.0 Å². The fourth-order valence-corrected chi connectivity index (χ4v) is 3.69. The summed E-state index contributed by atoms with van der Waals surface area (Å²) in [5.41, 5.74) is 0. The van der Waals surface area contributed by atoms with Crippen LogP contribution >= 0.6 is 0 Å². The average Bonchev–Trinajstić information content (AvgIpc) is 2.47. The van der Waals surface area contributed by atoms with Gasteiger partial charge in [-0.3, -0.25) is 9.59 Å². The van der Waals surface area contributed by atoms with Crippen LogP contribution in [0.15, 0.2) is 12.2 Å². The van der Waals surface area contributed by atoms with Gasteiger partial charge in [0.1, 0.15) is 0 Å². The van der Waals surface area contributed by atoms with Crippen LogP contribution in [0.5, 0.6) is 0 Å². The molecular weight excluding hydrogens is 304 g/mol. The van der Waals surface area contributed by atoms with Crippen molar-refractivity contribution in [1.82, 2.24) is 0 Å². The summed E-state index contributed by atoms with van der Waals surface area (Å²) in [7, 11) is 0. The van der Waals surface area contributed by atoms with E-state index in [0.29, 0.717) is 18.4 Å². The number of hydrogen-bond acceptors (Lipinski definition) is 3. The van der Waals surface area contributed by atoms with Crippen LogP contribution in [-0.2, 0) is 14.3 Å². The van der Waals surface area contributed by atoms with E-state index in [0.717, 1.165) is 25.7 Å². The number of carboxylic acid groups (broad SMARTS) is 1. The molecule has 4 nitrogen and oxygen atoms in total. The van der Waals surface area contributed by atoms with Gasteiger partial charge < -0.3 is 9.84 Å². The smallest absolute Gasteiger partial charge is 0.311 e. The normalized spacial score (nSPS) is 26.8. The number of hydrogen-bond donors (Lipinski definition) is 1. The van der Waals surface area contributed by atoms with Crippen LogP contribution < -0.4 is 0 Å². The lowest BCUT2D eigenvalue weighted by molar-refractivity contribution is -0.160. The number of rotatable bonds is 9. The molecule has 0 bridgehead atoms. The lowest BCUT2D eigenvalue weighted by atomic mass is 9.66. The monoisotopic (exact) mass is 338 g/mol. The van der Waals surface area contributed by atoms with Crippen LogP contribution in [-0.4, -0.2) is 23.7 Å². The minimum atomic E-state index is -0.930. The van der Waals surface area contributed by atoms with Gasteiger partial charge in [-0.1, -0.05) is 53.2 Å². The quantitative estimate of drug-likeness (QED) is 0.381. The van der Waals surface area contributed by atoms with Gasteiger partial charge in [0.15, 0.2) is 0 Å². The molecule has 0 aromatic carbocycles. The van der Waals surface area contributed by atoms with Crippen LogP contribution in [0.25, 0.3) is 0 Å². The van der Waals surface area contributed by atoms with Crippen molar-refractivity contribution in [3.05, 3.63) is 12.2 Å². The first-order chi connectivity index (χ1) is 11.3. The van der Waals surface area contributed by atoms with Crippen molar-refractivity contribution >= 4 is 11.9 Å². The number of allylic oxidation sites excluding steroid dienone is 1. The molecular formula is C20H34O4. The molecule has 1 aliphatic carbocycles. The fourth-order valence-electron chi connectivity index (χ4n) is 3.69. The van der Waals surface area contributed by atoms with E-state index in [-0.39, 0.29) is 17.8 Å². The first kappa shape index (κ1) is 20.7. The SMILES string of the molecule is CCCCOC(=O)C1C(C(=O)O)C=CC(CC(C)C)C1CC(C)C. The molecule has 0 aromatic heterocycles. The number of esters is 1. The molecule has 1 rings (SSSR count). The molecule has 4 heteroatoms. The minimum absolute atomic E-state index is 0.0348. The summed E-state index contributed by atoms with van der Waals surface area (Å²) in [5, 5.41) is 9.59. The molecule has 24 heavy (non-hydrogen) atoms. The summed E-state index contributed by atoms with van der Waals surface area (Å²) >= 11 is 0. The van der Waals surface area contributed by atoms with E-state index in [2.05, 4.69) is 27.7 Å². The van der Waals surface area contributed by atoms with Crippen molar-refractivity contribution in [3.63, 3.8) is 0 Å². The molecule has 0 aliphatic heterocycles. The van der Waals surface area contributed by atoms with Crippen molar-refractivity contribution in [2.24, 2.45) is 35.5 Å². The topological polar surface area (TPSA) is 63.6 Å². The number of ether oxygens (including phenoxy) is 1. The predicted octanol–water partition coefficient (Wildman–Crippen LogP) is 4.54. The van der Waals surface area contributed by atoms with E-state index >= 15 is 0 Å². The van der Waals surface area contributed by atoms with E-state index in [1.54, 1.807) is 6.08 Å². The highest BCUT2D eigenvalue weighted by Crippen LogP contribution is 2.41. The molecule has 0 saturated carbocycles. The van der Waals surface area contributed by atoms with Gasteiger partial charge in [0.05, 0.1) is 18.4 Å². The highest BCUT2D eigenvalue weighted by Gasteiger charge is 2.44.